The van der Waals surface area contributed by atoms with E-state index in [1.165, 1.54) is 0 Å². The summed E-state index contributed by atoms with van der Waals surface area (Å²) in [6, 6.07) is 6.00. The fraction of sp³-hybridized carbons (Fsp3) is 0.357. The largest absolute Gasteiger partial charge is 0.454 e. The summed E-state index contributed by atoms with van der Waals surface area (Å²) < 4.78 is 12.6. The van der Waals surface area contributed by atoms with Crippen molar-refractivity contribution in [2.24, 2.45) is 0 Å². The first-order chi connectivity index (χ1) is 10.3. The minimum Gasteiger partial charge on any atom is -0.454 e. The maximum absolute atomic E-state index is 5.41. The van der Waals surface area contributed by atoms with Crippen LogP contribution in [-0.2, 0) is 12.8 Å². The molecule has 21 heavy (non-hydrogen) atoms. The van der Waals surface area contributed by atoms with Crippen molar-refractivity contribution in [3.8, 4) is 11.5 Å². The average molecular weight is 302 g/mol. The standard InChI is InChI=1S/C14H14N4O2S/c1-2-3-12-15-16-14-18(12)17-13(21-14)7-9-4-5-10-11(6-9)20-8-19-10/h4-6H,2-3,7-8H2,1H3. The molecular formula is C14H14N4O2S. The van der Waals surface area contributed by atoms with Crippen LogP contribution in [0.4, 0.5) is 0 Å². The molecule has 3 aromatic rings. The maximum Gasteiger partial charge on any atom is 0.234 e. The van der Waals surface area contributed by atoms with Gasteiger partial charge in [-0.05, 0) is 24.1 Å². The molecule has 0 amide bonds. The van der Waals surface area contributed by atoms with Gasteiger partial charge < -0.3 is 9.47 Å². The molecule has 0 bridgehead atoms. The van der Waals surface area contributed by atoms with Crippen molar-refractivity contribution in [1.82, 2.24) is 19.8 Å². The summed E-state index contributed by atoms with van der Waals surface area (Å²) in [5, 5.41) is 14.0. The fourth-order valence-electron chi connectivity index (χ4n) is 2.37. The predicted octanol–water partition coefficient (Wildman–Crippen LogP) is 2.46. The van der Waals surface area contributed by atoms with Crippen LogP contribution in [-0.4, -0.2) is 26.6 Å². The van der Waals surface area contributed by atoms with E-state index in [9.17, 15) is 0 Å². The van der Waals surface area contributed by atoms with E-state index in [1.807, 2.05) is 22.7 Å². The van der Waals surface area contributed by atoms with Crippen LogP contribution in [0, 0.1) is 0 Å². The van der Waals surface area contributed by atoms with E-state index in [1.54, 1.807) is 11.3 Å². The third kappa shape index (κ3) is 2.23. The summed E-state index contributed by atoms with van der Waals surface area (Å²) in [5.74, 6) is 2.55. The minimum absolute atomic E-state index is 0.301. The number of nitrogens with zero attached hydrogens (tertiary/aromatic N) is 4. The number of aromatic nitrogens is 4. The Kier molecular flexibility index (Phi) is 2.99. The Hall–Kier alpha value is -2.15. The first kappa shape index (κ1) is 12.6. The average Bonchev–Trinajstić information content (AvgIpc) is 3.16. The van der Waals surface area contributed by atoms with Gasteiger partial charge >= 0.3 is 0 Å². The van der Waals surface area contributed by atoms with Crippen molar-refractivity contribution in [2.45, 2.75) is 26.2 Å². The molecule has 3 heterocycles. The first-order valence-electron chi connectivity index (χ1n) is 6.92. The number of fused-ring (bicyclic) bond motifs is 2. The van der Waals surface area contributed by atoms with E-state index in [-0.39, 0.29) is 0 Å². The molecule has 0 aliphatic carbocycles. The molecule has 1 aromatic carbocycles. The van der Waals surface area contributed by atoms with Crippen molar-refractivity contribution >= 4 is 16.3 Å². The molecule has 0 saturated heterocycles. The highest BCUT2D eigenvalue weighted by atomic mass is 32.1. The lowest BCUT2D eigenvalue weighted by Crippen LogP contribution is -1.97. The molecule has 0 atom stereocenters. The topological polar surface area (TPSA) is 61.5 Å². The lowest BCUT2D eigenvalue weighted by molar-refractivity contribution is 0.174. The summed E-state index contributed by atoms with van der Waals surface area (Å²) in [6.07, 6.45) is 2.69. The Balaban J connectivity index is 1.62. The monoisotopic (exact) mass is 302 g/mol. The third-order valence-corrected chi connectivity index (χ3v) is 4.26. The van der Waals surface area contributed by atoms with Gasteiger partial charge in [0, 0.05) is 12.8 Å². The van der Waals surface area contributed by atoms with E-state index in [0.29, 0.717) is 6.79 Å². The zero-order valence-corrected chi connectivity index (χ0v) is 12.4. The molecule has 0 radical (unpaired) electrons. The van der Waals surface area contributed by atoms with E-state index >= 15 is 0 Å². The van der Waals surface area contributed by atoms with E-state index < -0.39 is 0 Å². The summed E-state index contributed by atoms with van der Waals surface area (Å²) in [5.41, 5.74) is 1.15. The number of hydrogen-bond acceptors (Lipinski definition) is 6. The van der Waals surface area contributed by atoms with Gasteiger partial charge in [-0.25, -0.2) is 0 Å². The van der Waals surface area contributed by atoms with Crippen LogP contribution in [0.15, 0.2) is 18.2 Å². The van der Waals surface area contributed by atoms with Gasteiger partial charge in [-0.15, -0.1) is 10.2 Å². The van der Waals surface area contributed by atoms with Crippen LogP contribution >= 0.6 is 11.3 Å². The van der Waals surface area contributed by atoms with Gasteiger partial charge in [0.2, 0.25) is 11.8 Å². The zero-order valence-electron chi connectivity index (χ0n) is 11.6. The van der Waals surface area contributed by atoms with Gasteiger partial charge in [0.1, 0.15) is 5.01 Å². The van der Waals surface area contributed by atoms with E-state index in [0.717, 1.165) is 52.1 Å². The lowest BCUT2D eigenvalue weighted by atomic mass is 10.1. The van der Waals surface area contributed by atoms with Gasteiger partial charge in [0.05, 0.1) is 0 Å². The summed E-state index contributed by atoms with van der Waals surface area (Å²) >= 11 is 1.58. The van der Waals surface area contributed by atoms with Crippen LogP contribution < -0.4 is 9.47 Å². The Morgan fingerprint density at radius 2 is 2.14 bits per heavy atom. The van der Waals surface area contributed by atoms with Crippen LogP contribution in [0.1, 0.15) is 29.7 Å². The highest BCUT2D eigenvalue weighted by Crippen LogP contribution is 2.33. The predicted molar refractivity (Wildman–Crippen MR) is 78.0 cm³/mol. The van der Waals surface area contributed by atoms with E-state index in [2.05, 4.69) is 22.2 Å². The number of rotatable bonds is 4. The molecule has 108 valence electrons. The SMILES string of the molecule is CCCc1nnc2sc(Cc3ccc4c(c3)OCO4)nn12. The van der Waals surface area contributed by atoms with Crippen LogP contribution in [0.5, 0.6) is 11.5 Å². The maximum atomic E-state index is 5.41. The second kappa shape index (κ2) is 5.00. The summed E-state index contributed by atoms with van der Waals surface area (Å²) in [7, 11) is 0. The quantitative estimate of drug-likeness (QED) is 0.741. The number of hydrogen-bond donors (Lipinski definition) is 0. The van der Waals surface area contributed by atoms with Crippen LogP contribution in [0.3, 0.4) is 0 Å². The molecule has 1 aliphatic heterocycles. The Bertz CT molecular complexity index is 795. The van der Waals surface area contributed by atoms with Crippen molar-refractivity contribution in [2.75, 3.05) is 6.79 Å². The third-order valence-electron chi connectivity index (χ3n) is 3.36. The van der Waals surface area contributed by atoms with Crippen molar-refractivity contribution in [3.63, 3.8) is 0 Å². The normalized spacial score (nSPS) is 13.2. The van der Waals surface area contributed by atoms with Crippen molar-refractivity contribution < 1.29 is 9.47 Å². The second-order valence-corrected chi connectivity index (χ2v) is 5.96. The molecular weight excluding hydrogens is 288 g/mol. The van der Waals surface area contributed by atoms with Crippen molar-refractivity contribution in [1.29, 1.82) is 0 Å². The molecule has 6 nitrogen and oxygen atoms in total. The number of aryl methyl sites for hydroxylation is 1. The van der Waals surface area contributed by atoms with Gasteiger partial charge in [-0.3, -0.25) is 0 Å². The molecule has 0 unspecified atom stereocenters. The molecule has 0 fully saturated rings. The van der Waals surface area contributed by atoms with Gasteiger partial charge in [-0.2, -0.15) is 9.61 Å². The van der Waals surface area contributed by atoms with Gasteiger partial charge in [0.25, 0.3) is 0 Å². The minimum atomic E-state index is 0.301. The summed E-state index contributed by atoms with van der Waals surface area (Å²) in [6.45, 7) is 2.43. The number of benzene rings is 1. The summed E-state index contributed by atoms with van der Waals surface area (Å²) in [4.78, 5) is 0.856. The molecule has 2 aromatic heterocycles. The highest BCUT2D eigenvalue weighted by molar-refractivity contribution is 7.16. The second-order valence-electron chi connectivity index (χ2n) is 4.92. The van der Waals surface area contributed by atoms with Crippen LogP contribution in [0.25, 0.3) is 4.96 Å². The molecule has 4 rings (SSSR count). The molecule has 0 spiro atoms. The molecule has 0 saturated carbocycles. The van der Waals surface area contributed by atoms with E-state index in [4.69, 9.17) is 9.47 Å². The number of ether oxygens (including phenoxy) is 2. The Morgan fingerprint density at radius 1 is 1.24 bits per heavy atom. The Labute approximate surface area is 125 Å². The molecule has 1 aliphatic rings. The van der Waals surface area contributed by atoms with Crippen LogP contribution in [0.2, 0.25) is 0 Å². The Morgan fingerprint density at radius 3 is 3.05 bits per heavy atom. The van der Waals surface area contributed by atoms with Gasteiger partial charge in [0.15, 0.2) is 17.3 Å². The smallest absolute Gasteiger partial charge is 0.234 e. The molecule has 7 heteroatoms. The van der Waals surface area contributed by atoms with Gasteiger partial charge in [-0.1, -0.05) is 24.3 Å². The zero-order chi connectivity index (χ0) is 14.2. The van der Waals surface area contributed by atoms with Crippen molar-refractivity contribution in [3.05, 3.63) is 34.6 Å². The fourth-order valence-corrected chi connectivity index (χ4v) is 3.26. The molecule has 0 N–H and O–H groups in total. The first-order valence-corrected chi connectivity index (χ1v) is 7.73. The lowest BCUT2D eigenvalue weighted by Gasteiger charge is -2.00. The highest BCUT2D eigenvalue weighted by Gasteiger charge is 2.15.